The third-order valence-corrected chi connectivity index (χ3v) is 3.70. The van der Waals surface area contributed by atoms with Gasteiger partial charge < -0.3 is 5.32 Å². The second-order valence-electron chi connectivity index (χ2n) is 4.57. The molecule has 0 aliphatic rings. The minimum Gasteiger partial charge on any atom is -0.377 e. The lowest BCUT2D eigenvalue weighted by Gasteiger charge is -2.06. The van der Waals surface area contributed by atoms with Crippen LogP contribution < -0.4 is 5.32 Å². The first-order valence-corrected chi connectivity index (χ1v) is 7.04. The summed E-state index contributed by atoms with van der Waals surface area (Å²) in [6.45, 7) is 0.486. The number of halogens is 2. The predicted octanol–water partition coefficient (Wildman–Crippen LogP) is 4.09. The number of nitrogens with one attached hydrogen (secondary N) is 1. The van der Waals surface area contributed by atoms with Crippen LogP contribution in [0.1, 0.15) is 5.69 Å². The predicted molar refractivity (Wildman–Crippen MR) is 82.1 cm³/mol. The smallest absolute Gasteiger partial charge is 0.147 e. The number of fused-ring (bicyclic) bond motifs is 1. The van der Waals surface area contributed by atoms with E-state index in [9.17, 15) is 4.39 Å². The van der Waals surface area contributed by atoms with Gasteiger partial charge in [-0.2, -0.15) is 5.10 Å². The number of nitrogens with zero attached hydrogens (tertiary/aromatic N) is 2. The normalized spacial score (nSPS) is 10.9. The molecule has 5 heteroatoms. The Hall–Kier alpha value is -1.88. The van der Waals surface area contributed by atoms with Crippen LogP contribution in [-0.4, -0.2) is 9.78 Å². The van der Waals surface area contributed by atoms with Gasteiger partial charge in [-0.3, -0.25) is 4.68 Å². The van der Waals surface area contributed by atoms with E-state index in [1.807, 2.05) is 42.1 Å². The topological polar surface area (TPSA) is 29.9 Å². The van der Waals surface area contributed by atoms with Gasteiger partial charge in [0.15, 0.2) is 0 Å². The maximum atomic E-state index is 13.8. The van der Waals surface area contributed by atoms with Crippen molar-refractivity contribution >= 4 is 32.5 Å². The van der Waals surface area contributed by atoms with E-state index in [0.717, 1.165) is 21.1 Å². The lowest BCUT2D eigenvalue weighted by Crippen LogP contribution is -2.03. The van der Waals surface area contributed by atoms with Crippen molar-refractivity contribution < 1.29 is 4.39 Å². The monoisotopic (exact) mass is 333 g/mol. The molecule has 20 heavy (non-hydrogen) atoms. The zero-order valence-corrected chi connectivity index (χ0v) is 12.5. The molecule has 3 rings (SSSR count). The Kier molecular flexibility index (Phi) is 3.44. The summed E-state index contributed by atoms with van der Waals surface area (Å²) in [7, 11) is 1.91. The Bertz CT molecular complexity index is 767. The second kappa shape index (κ2) is 5.25. The number of benzene rings is 2. The van der Waals surface area contributed by atoms with E-state index in [0.29, 0.717) is 12.2 Å². The summed E-state index contributed by atoms with van der Waals surface area (Å²) in [6.07, 6.45) is 0. The van der Waals surface area contributed by atoms with Crippen LogP contribution in [0, 0.1) is 5.82 Å². The van der Waals surface area contributed by atoms with Crippen LogP contribution in [0.25, 0.3) is 10.9 Å². The third kappa shape index (κ3) is 2.41. The van der Waals surface area contributed by atoms with Crippen LogP contribution in [-0.2, 0) is 13.6 Å². The maximum absolute atomic E-state index is 13.8. The summed E-state index contributed by atoms with van der Waals surface area (Å²) >= 11 is 3.24. The third-order valence-electron chi connectivity index (χ3n) is 3.21. The number of anilines is 1. The van der Waals surface area contributed by atoms with E-state index in [-0.39, 0.29) is 5.82 Å². The molecule has 1 N–H and O–H groups in total. The van der Waals surface area contributed by atoms with E-state index in [1.54, 1.807) is 6.07 Å². The maximum Gasteiger partial charge on any atom is 0.147 e. The summed E-state index contributed by atoms with van der Waals surface area (Å²) in [5.41, 5.74) is 2.45. The van der Waals surface area contributed by atoms with Crippen LogP contribution in [0.15, 0.2) is 46.9 Å². The minimum absolute atomic E-state index is 0.278. The Morgan fingerprint density at radius 1 is 1.25 bits per heavy atom. The molecule has 0 spiro atoms. The van der Waals surface area contributed by atoms with E-state index < -0.39 is 0 Å². The second-order valence-corrected chi connectivity index (χ2v) is 5.48. The van der Waals surface area contributed by atoms with Gasteiger partial charge in [0.05, 0.1) is 23.4 Å². The van der Waals surface area contributed by atoms with Crippen LogP contribution >= 0.6 is 15.9 Å². The van der Waals surface area contributed by atoms with Crippen LogP contribution in [0.5, 0.6) is 0 Å². The molecule has 3 nitrogen and oxygen atoms in total. The van der Waals surface area contributed by atoms with Gasteiger partial charge in [-0.1, -0.05) is 34.1 Å². The molecule has 102 valence electrons. The number of aromatic nitrogens is 2. The van der Waals surface area contributed by atoms with Gasteiger partial charge in [0.2, 0.25) is 0 Å². The number of hydrogen-bond donors (Lipinski definition) is 1. The van der Waals surface area contributed by atoms with E-state index in [4.69, 9.17) is 0 Å². The first-order valence-electron chi connectivity index (χ1n) is 6.24. The SMILES string of the molecule is Cn1nc(CNc2ccc(Br)cc2F)c2ccccc21. The highest BCUT2D eigenvalue weighted by Gasteiger charge is 2.08. The summed E-state index contributed by atoms with van der Waals surface area (Å²) in [5.74, 6) is -0.278. The summed E-state index contributed by atoms with van der Waals surface area (Å²) in [5, 5.41) is 8.65. The molecular formula is C15H13BrFN3. The zero-order valence-electron chi connectivity index (χ0n) is 10.9. The number of hydrogen-bond acceptors (Lipinski definition) is 2. The molecular weight excluding hydrogens is 321 g/mol. The van der Waals surface area contributed by atoms with Crippen molar-refractivity contribution in [1.29, 1.82) is 0 Å². The molecule has 1 aromatic heterocycles. The van der Waals surface area contributed by atoms with Crippen molar-refractivity contribution in [2.24, 2.45) is 7.05 Å². The van der Waals surface area contributed by atoms with Crippen LogP contribution in [0.4, 0.5) is 10.1 Å². The number of aryl methyl sites for hydroxylation is 1. The molecule has 0 bridgehead atoms. The van der Waals surface area contributed by atoms with Gasteiger partial charge in [0, 0.05) is 16.9 Å². The van der Waals surface area contributed by atoms with Gasteiger partial charge in [0.1, 0.15) is 5.82 Å². The summed E-state index contributed by atoms with van der Waals surface area (Å²) < 4.78 is 16.3. The Balaban J connectivity index is 1.87. The fraction of sp³-hybridized carbons (Fsp3) is 0.133. The van der Waals surface area contributed by atoms with E-state index in [2.05, 4.69) is 26.3 Å². The largest absolute Gasteiger partial charge is 0.377 e. The van der Waals surface area contributed by atoms with Gasteiger partial charge in [0.25, 0.3) is 0 Å². The number of para-hydroxylation sites is 1. The van der Waals surface area contributed by atoms with Crippen molar-refractivity contribution in [2.45, 2.75) is 6.54 Å². The number of rotatable bonds is 3. The highest BCUT2D eigenvalue weighted by atomic mass is 79.9. The molecule has 0 unspecified atom stereocenters. The van der Waals surface area contributed by atoms with E-state index >= 15 is 0 Å². The molecule has 0 fully saturated rings. The average Bonchev–Trinajstić information content (AvgIpc) is 2.75. The highest BCUT2D eigenvalue weighted by molar-refractivity contribution is 9.10. The molecule has 3 aromatic rings. The molecule has 0 saturated carbocycles. The van der Waals surface area contributed by atoms with Gasteiger partial charge >= 0.3 is 0 Å². The summed E-state index contributed by atoms with van der Waals surface area (Å²) in [6, 6.07) is 13.0. The van der Waals surface area contributed by atoms with Crippen LogP contribution in [0.2, 0.25) is 0 Å². The van der Waals surface area contributed by atoms with Gasteiger partial charge in [-0.25, -0.2) is 4.39 Å². The fourth-order valence-electron chi connectivity index (χ4n) is 2.23. The van der Waals surface area contributed by atoms with Crippen molar-refractivity contribution in [2.75, 3.05) is 5.32 Å². The average molecular weight is 334 g/mol. The molecule has 0 aliphatic carbocycles. The lowest BCUT2D eigenvalue weighted by atomic mass is 10.2. The Morgan fingerprint density at radius 3 is 2.85 bits per heavy atom. The molecule has 0 aliphatic heterocycles. The van der Waals surface area contributed by atoms with Crippen molar-refractivity contribution in [3.8, 4) is 0 Å². The van der Waals surface area contributed by atoms with Crippen molar-refractivity contribution in [3.05, 3.63) is 58.4 Å². The molecule has 1 heterocycles. The van der Waals surface area contributed by atoms with Crippen LogP contribution in [0.3, 0.4) is 0 Å². The van der Waals surface area contributed by atoms with E-state index in [1.165, 1.54) is 6.07 Å². The quantitative estimate of drug-likeness (QED) is 0.782. The van der Waals surface area contributed by atoms with Crippen molar-refractivity contribution in [3.63, 3.8) is 0 Å². The molecule has 0 atom stereocenters. The lowest BCUT2D eigenvalue weighted by molar-refractivity contribution is 0.629. The molecule has 2 aromatic carbocycles. The Labute approximate surface area is 124 Å². The standard InChI is InChI=1S/C15H13BrFN3/c1-20-15-5-3-2-4-11(15)14(19-20)9-18-13-7-6-10(16)8-12(13)17/h2-8,18H,9H2,1H3. The molecule has 0 saturated heterocycles. The first-order chi connectivity index (χ1) is 9.65. The highest BCUT2D eigenvalue weighted by Crippen LogP contribution is 2.22. The molecule has 0 radical (unpaired) electrons. The Morgan fingerprint density at radius 2 is 2.05 bits per heavy atom. The van der Waals surface area contributed by atoms with Gasteiger partial charge in [-0.15, -0.1) is 0 Å². The fourth-order valence-corrected chi connectivity index (χ4v) is 2.56. The summed E-state index contributed by atoms with van der Waals surface area (Å²) in [4.78, 5) is 0. The first kappa shape index (κ1) is 13.1. The zero-order chi connectivity index (χ0) is 14.1. The van der Waals surface area contributed by atoms with Crippen molar-refractivity contribution in [1.82, 2.24) is 9.78 Å². The van der Waals surface area contributed by atoms with Gasteiger partial charge in [-0.05, 0) is 24.3 Å². The minimum atomic E-state index is -0.278. The molecule has 0 amide bonds.